The van der Waals surface area contributed by atoms with E-state index in [-0.39, 0.29) is 12.0 Å². The summed E-state index contributed by atoms with van der Waals surface area (Å²) in [6.45, 7) is 7.95. The van der Waals surface area contributed by atoms with E-state index in [2.05, 4.69) is 23.8 Å². The molecule has 5 nitrogen and oxygen atoms in total. The number of nitrogens with one attached hydrogen (secondary N) is 1. The maximum absolute atomic E-state index is 12.7. The average molecular weight is 319 g/mol. The SMILES string of the molecule is Cc1cnc([C@H]2CN(C(=O)c3csc(C(C)C)c3)CCO2)[nH]1. The number of carbonyl (C=O) groups is 1. The molecule has 6 heteroatoms. The summed E-state index contributed by atoms with van der Waals surface area (Å²) in [5, 5.41) is 1.96. The summed E-state index contributed by atoms with van der Waals surface area (Å²) in [5.41, 5.74) is 1.78. The Labute approximate surface area is 134 Å². The minimum atomic E-state index is -0.172. The standard InChI is InChI=1S/C16H21N3O2S/c1-10(2)14-6-12(9-22-14)16(20)19-4-5-21-13(8-19)15-17-7-11(3)18-15/h6-7,9-10,13H,4-5,8H2,1-3H3,(H,17,18)/t13-/m1/s1. The number of imidazole rings is 1. The van der Waals surface area contributed by atoms with Crippen LogP contribution in [0, 0.1) is 6.92 Å². The van der Waals surface area contributed by atoms with Gasteiger partial charge in [-0.2, -0.15) is 0 Å². The average Bonchev–Trinajstić information content (AvgIpc) is 3.15. The van der Waals surface area contributed by atoms with E-state index in [4.69, 9.17) is 4.74 Å². The molecule has 3 rings (SSSR count). The molecule has 2 aromatic heterocycles. The van der Waals surface area contributed by atoms with Crippen molar-refractivity contribution in [3.05, 3.63) is 39.6 Å². The minimum Gasteiger partial charge on any atom is -0.367 e. The second-order valence-electron chi connectivity index (χ2n) is 5.95. The molecule has 3 heterocycles. The molecule has 1 fully saturated rings. The van der Waals surface area contributed by atoms with Gasteiger partial charge in [-0.25, -0.2) is 4.98 Å². The van der Waals surface area contributed by atoms with Gasteiger partial charge in [-0.3, -0.25) is 4.79 Å². The van der Waals surface area contributed by atoms with Crippen LogP contribution in [0.4, 0.5) is 0 Å². The third-order valence-electron chi connectivity index (χ3n) is 3.82. The summed E-state index contributed by atoms with van der Waals surface area (Å²) in [6.07, 6.45) is 1.61. The van der Waals surface area contributed by atoms with Gasteiger partial charge in [0.05, 0.1) is 18.7 Å². The zero-order chi connectivity index (χ0) is 15.7. The molecule has 0 unspecified atom stereocenters. The summed E-state index contributed by atoms with van der Waals surface area (Å²) >= 11 is 1.65. The molecule has 0 radical (unpaired) electrons. The molecular weight excluding hydrogens is 298 g/mol. The number of thiophene rings is 1. The van der Waals surface area contributed by atoms with Gasteiger partial charge in [0.2, 0.25) is 0 Å². The number of H-pyrrole nitrogens is 1. The number of aryl methyl sites for hydroxylation is 1. The monoisotopic (exact) mass is 319 g/mol. The van der Waals surface area contributed by atoms with Gasteiger partial charge in [-0.1, -0.05) is 13.8 Å². The van der Waals surface area contributed by atoms with Gasteiger partial charge in [-0.05, 0) is 18.9 Å². The summed E-state index contributed by atoms with van der Waals surface area (Å²) in [5.74, 6) is 1.33. The van der Waals surface area contributed by atoms with Gasteiger partial charge in [0, 0.05) is 28.7 Å². The molecule has 2 aromatic rings. The molecule has 1 atom stereocenters. The molecule has 0 spiro atoms. The third-order valence-corrected chi connectivity index (χ3v) is 5.05. The number of aromatic nitrogens is 2. The van der Waals surface area contributed by atoms with E-state index in [1.807, 2.05) is 23.3 Å². The maximum atomic E-state index is 12.7. The van der Waals surface area contributed by atoms with Gasteiger partial charge < -0.3 is 14.6 Å². The van der Waals surface area contributed by atoms with Crippen LogP contribution in [-0.4, -0.2) is 40.5 Å². The third kappa shape index (κ3) is 3.08. The predicted molar refractivity (Wildman–Crippen MR) is 86.3 cm³/mol. The van der Waals surface area contributed by atoms with Crippen LogP contribution in [0.5, 0.6) is 0 Å². The Balaban J connectivity index is 1.72. The topological polar surface area (TPSA) is 58.2 Å². The van der Waals surface area contributed by atoms with Gasteiger partial charge in [-0.15, -0.1) is 11.3 Å². The highest BCUT2D eigenvalue weighted by Crippen LogP contribution is 2.26. The highest BCUT2D eigenvalue weighted by molar-refractivity contribution is 7.10. The van der Waals surface area contributed by atoms with Crippen molar-refractivity contribution < 1.29 is 9.53 Å². The van der Waals surface area contributed by atoms with E-state index >= 15 is 0 Å². The van der Waals surface area contributed by atoms with Crippen molar-refractivity contribution in [2.75, 3.05) is 19.7 Å². The van der Waals surface area contributed by atoms with Crippen LogP contribution in [0.15, 0.2) is 17.6 Å². The quantitative estimate of drug-likeness (QED) is 0.945. The fraction of sp³-hybridized carbons (Fsp3) is 0.500. The van der Waals surface area contributed by atoms with Crippen LogP contribution in [0.3, 0.4) is 0 Å². The number of nitrogens with zero attached hydrogens (tertiary/aromatic N) is 2. The number of aromatic amines is 1. The van der Waals surface area contributed by atoms with Crippen LogP contribution in [0.25, 0.3) is 0 Å². The highest BCUT2D eigenvalue weighted by Gasteiger charge is 2.28. The summed E-state index contributed by atoms with van der Waals surface area (Å²) in [4.78, 5) is 23.3. The number of amides is 1. The largest absolute Gasteiger partial charge is 0.367 e. The Bertz CT molecular complexity index is 662. The molecule has 0 aliphatic carbocycles. The molecule has 118 valence electrons. The van der Waals surface area contributed by atoms with Crippen LogP contribution in [-0.2, 0) is 4.74 Å². The lowest BCUT2D eigenvalue weighted by Gasteiger charge is -2.31. The molecule has 0 bridgehead atoms. The van der Waals surface area contributed by atoms with Crippen molar-refractivity contribution in [2.24, 2.45) is 0 Å². The first-order valence-electron chi connectivity index (χ1n) is 7.55. The number of carbonyl (C=O) groups excluding carboxylic acids is 1. The number of hydrogen-bond donors (Lipinski definition) is 1. The lowest BCUT2D eigenvalue weighted by atomic mass is 10.1. The van der Waals surface area contributed by atoms with E-state index in [0.29, 0.717) is 25.6 Å². The normalized spacial score (nSPS) is 18.9. The molecule has 0 saturated carbocycles. The van der Waals surface area contributed by atoms with Gasteiger partial charge in [0.15, 0.2) is 0 Å². The Morgan fingerprint density at radius 1 is 1.55 bits per heavy atom. The lowest BCUT2D eigenvalue weighted by molar-refractivity contribution is -0.0264. The van der Waals surface area contributed by atoms with E-state index in [9.17, 15) is 4.79 Å². The maximum Gasteiger partial charge on any atom is 0.254 e. The number of morpholine rings is 1. The van der Waals surface area contributed by atoms with Crippen molar-refractivity contribution in [1.29, 1.82) is 0 Å². The smallest absolute Gasteiger partial charge is 0.254 e. The zero-order valence-corrected chi connectivity index (χ0v) is 13.9. The van der Waals surface area contributed by atoms with Crippen molar-refractivity contribution in [3.63, 3.8) is 0 Å². The molecule has 1 aliphatic heterocycles. The second kappa shape index (κ2) is 6.22. The fourth-order valence-electron chi connectivity index (χ4n) is 2.55. The van der Waals surface area contributed by atoms with E-state index in [1.54, 1.807) is 17.5 Å². The van der Waals surface area contributed by atoms with Crippen LogP contribution in [0.2, 0.25) is 0 Å². The minimum absolute atomic E-state index is 0.0831. The molecule has 1 N–H and O–H groups in total. The van der Waals surface area contributed by atoms with Gasteiger partial charge in [0.25, 0.3) is 5.91 Å². The van der Waals surface area contributed by atoms with Crippen LogP contribution in [0.1, 0.15) is 52.6 Å². The Hall–Kier alpha value is -1.66. The highest BCUT2D eigenvalue weighted by atomic mass is 32.1. The number of ether oxygens (including phenoxy) is 1. The molecular formula is C16H21N3O2S. The van der Waals surface area contributed by atoms with Gasteiger partial charge >= 0.3 is 0 Å². The van der Waals surface area contributed by atoms with Gasteiger partial charge in [0.1, 0.15) is 11.9 Å². The summed E-state index contributed by atoms with van der Waals surface area (Å²) < 4.78 is 5.75. The second-order valence-corrected chi connectivity index (χ2v) is 6.90. The first-order valence-corrected chi connectivity index (χ1v) is 8.43. The zero-order valence-electron chi connectivity index (χ0n) is 13.1. The molecule has 1 saturated heterocycles. The Morgan fingerprint density at radius 2 is 2.36 bits per heavy atom. The Morgan fingerprint density at radius 3 is 3.00 bits per heavy atom. The van der Waals surface area contributed by atoms with Crippen LogP contribution < -0.4 is 0 Å². The summed E-state index contributed by atoms with van der Waals surface area (Å²) in [7, 11) is 0. The van der Waals surface area contributed by atoms with Crippen molar-refractivity contribution in [3.8, 4) is 0 Å². The van der Waals surface area contributed by atoms with E-state index in [1.165, 1.54) is 4.88 Å². The van der Waals surface area contributed by atoms with Crippen molar-refractivity contribution >= 4 is 17.2 Å². The molecule has 0 aromatic carbocycles. The first kappa shape index (κ1) is 15.2. The van der Waals surface area contributed by atoms with Crippen molar-refractivity contribution in [1.82, 2.24) is 14.9 Å². The van der Waals surface area contributed by atoms with Crippen molar-refractivity contribution in [2.45, 2.75) is 32.8 Å². The number of rotatable bonds is 3. The van der Waals surface area contributed by atoms with E-state index < -0.39 is 0 Å². The van der Waals surface area contributed by atoms with Crippen LogP contribution >= 0.6 is 11.3 Å². The number of hydrogen-bond acceptors (Lipinski definition) is 4. The summed E-state index contributed by atoms with van der Waals surface area (Å²) in [6, 6.07) is 2.01. The molecule has 1 aliphatic rings. The molecule has 22 heavy (non-hydrogen) atoms. The van der Waals surface area contributed by atoms with E-state index in [0.717, 1.165) is 17.1 Å². The lowest BCUT2D eigenvalue weighted by Crippen LogP contribution is -2.42. The fourth-order valence-corrected chi connectivity index (χ4v) is 3.45. The predicted octanol–water partition coefficient (Wildman–Crippen LogP) is 3.12. The Kier molecular flexibility index (Phi) is 4.31. The first-order chi connectivity index (χ1) is 10.5. The molecule has 1 amide bonds.